The van der Waals surface area contributed by atoms with E-state index >= 15 is 0 Å². The average molecular weight is 258 g/mol. The maximum absolute atomic E-state index is 3.71. The Labute approximate surface area is 120 Å². The molecule has 0 atom stereocenters. The van der Waals surface area contributed by atoms with E-state index in [4.69, 9.17) is 0 Å². The lowest BCUT2D eigenvalue weighted by Gasteiger charge is -1.99. The minimum absolute atomic E-state index is 0.979. The van der Waals surface area contributed by atoms with Crippen LogP contribution < -0.4 is 0 Å². The van der Waals surface area contributed by atoms with E-state index in [-0.39, 0.29) is 0 Å². The lowest BCUT2D eigenvalue weighted by atomic mass is 10.1. The first-order chi connectivity index (χ1) is 9.11. The first-order valence-corrected chi connectivity index (χ1v) is 7.09. The molecule has 0 nitrogen and oxygen atoms in total. The second-order valence-corrected chi connectivity index (χ2v) is 4.08. The van der Waals surface area contributed by atoms with E-state index in [9.17, 15) is 0 Å². The Bertz CT molecular complexity index is 369. The molecule has 0 bridgehead atoms. The van der Waals surface area contributed by atoms with E-state index in [1.165, 1.54) is 11.1 Å². The molecule has 0 fully saturated rings. The van der Waals surface area contributed by atoms with E-state index in [2.05, 4.69) is 57.3 Å². The van der Waals surface area contributed by atoms with Crippen LogP contribution in [0.1, 0.15) is 45.2 Å². The first-order valence-electron chi connectivity index (χ1n) is 7.09. The van der Waals surface area contributed by atoms with Crippen molar-refractivity contribution in [2.75, 3.05) is 0 Å². The highest BCUT2D eigenvalue weighted by atomic mass is 14.0. The fraction of sp³-hybridized carbons (Fsp3) is 0.368. The zero-order valence-corrected chi connectivity index (χ0v) is 13.4. The standard InChI is InChI=1S/C10H12.C7H12.C2H6/c1-3-6-10-8-5-4-7-9(10)2;1-4-5-6-7(2)3;1-2/h3-5,7-8H,1,6H2,2H3;5-6H,2,4H2,1,3H3;1-2H3/b;6-5-;. The molecule has 0 heteroatoms. The molecule has 0 spiro atoms. The van der Waals surface area contributed by atoms with Gasteiger partial charge < -0.3 is 0 Å². The minimum Gasteiger partial charge on any atom is -0.103 e. The molecule has 1 aromatic rings. The predicted octanol–water partition coefficient (Wildman–Crippen LogP) is 6.28. The number of benzene rings is 1. The predicted molar refractivity (Wildman–Crippen MR) is 90.7 cm³/mol. The summed E-state index contributed by atoms with van der Waals surface area (Å²) in [7, 11) is 0. The van der Waals surface area contributed by atoms with Gasteiger partial charge in [-0.2, -0.15) is 0 Å². The lowest BCUT2D eigenvalue weighted by Crippen LogP contribution is -1.83. The summed E-state index contributed by atoms with van der Waals surface area (Å²) in [6, 6.07) is 8.38. The van der Waals surface area contributed by atoms with Gasteiger partial charge in [0.15, 0.2) is 0 Å². The number of allylic oxidation sites excluding steroid dienone is 4. The van der Waals surface area contributed by atoms with Gasteiger partial charge in [-0.25, -0.2) is 0 Å². The quantitative estimate of drug-likeness (QED) is 0.440. The Morgan fingerprint density at radius 2 is 1.79 bits per heavy atom. The lowest BCUT2D eigenvalue weighted by molar-refractivity contribution is 1.22. The third-order valence-electron chi connectivity index (χ3n) is 2.26. The topological polar surface area (TPSA) is 0 Å². The summed E-state index contributed by atoms with van der Waals surface area (Å²) in [6.45, 7) is 17.6. The average Bonchev–Trinajstić information content (AvgIpc) is 2.42. The van der Waals surface area contributed by atoms with E-state index in [1.54, 1.807) is 0 Å². The zero-order valence-electron chi connectivity index (χ0n) is 13.4. The molecular formula is C19H30. The van der Waals surface area contributed by atoms with Gasteiger partial charge in [0, 0.05) is 0 Å². The second kappa shape index (κ2) is 14.5. The van der Waals surface area contributed by atoms with Gasteiger partial charge in [0.2, 0.25) is 0 Å². The summed E-state index contributed by atoms with van der Waals surface area (Å²) in [5.41, 5.74) is 3.85. The Balaban J connectivity index is 0. The fourth-order valence-corrected chi connectivity index (χ4v) is 1.31. The summed E-state index contributed by atoms with van der Waals surface area (Å²) in [5.74, 6) is 0. The van der Waals surface area contributed by atoms with Crippen molar-refractivity contribution in [3.8, 4) is 0 Å². The molecule has 1 rings (SSSR count). The van der Waals surface area contributed by atoms with E-state index in [0.29, 0.717) is 0 Å². The molecule has 0 radical (unpaired) electrons. The molecule has 0 amide bonds. The molecule has 0 saturated heterocycles. The molecule has 1 aromatic carbocycles. The number of hydrogen-bond donors (Lipinski definition) is 0. The van der Waals surface area contributed by atoms with E-state index < -0.39 is 0 Å². The number of aryl methyl sites for hydroxylation is 1. The Hall–Kier alpha value is -1.56. The van der Waals surface area contributed by atoms with Crippen LogP contribution >= 0.6 is 0 Å². The smallest absolute Gasteiger partial charge is 0.00975 e. The van der Waals surface area contributed by atoms with E-state index in [1.807, 2.05) is 32.9 Å². The van der Waals surface area contributed by atoms with Gasteiger partial charge in [0.1, 0.15) is 0 Å². The highest BCUT2D eigenvalue weighted by molar-refractivity contribution is 5.26. The summed E-state index contributed by atoms with van der Waals surface area (Å²) >= 11 is 0. The highest BCUT2D eigenvalue weighted by Gasteiger charge is 1.90. The summed E-state index contributed by atoms with van der Waals surface area (Å²) in [5, 5.41) is 0. The molecular weight excluding hydrogens is 228 g/mol. The summed E-state index contributed by atoms with van der Waals surface area (Å²) in [4.78, 5) is 0. The fourth-order valence-electron chi connectivity index (χ4n) is 1.31. The molecule has 19 heavy (non-hydrogen) atoms. The van der Waals surface area contributed by atoms with Crippen LogP contribution in [0.25, 0.3) is 0 Å². The summed E-state index contributed by atoms with van der Waals surface area (Å²) < 4.78 is 0. The van der Waals surface area contributed by atoms with Crippen molar-refractivity contribution < 1.29 is 0 Å². The van der Waals surface area contributed by atoms with Crippen molar-refractivity contribution >= 4 is 0 Å². The van der Waals surface area contributed by atoms with Gasteiger partial charge in [0.05, 0.1) is 0 Å². The largest absolute Gasteiger partial charge is 0.103 e. The summed E-state index contributed by atoms with van der Waals surface area (Å²) in [6.07, 6.45) is 8.14. The number of hydrogen-bond acceptors (Lipinski definition) is 0. The van der Waals surface area contributed by atoms with Gasteiger partial charge in [-0.3, -0.25) is 0 Å². The van der Waals surface area contributed by atoms with Crippen LogP contribution in [0.4, 0.5) is 0 Å². The number of rotatable bonds is 4. The monoisotopic (exact) mass is 258 g/mol. The van der Waals surface area contributed by atoms with Crippen LogP contribution in [0, 0.1) is 6.92 Å². The third-order valence-corrected chi connectivity index (χ3v) is 2.26. The van der Waals surface area contributed by atoms with Crippen LogP contribution in [0.5, 0.6) is 0 Å². The molecule has 0 unspecified atom stereocenters. The second-order valence-electron chi connectivity index (χ2n) is 4.08. The van der Waals surface area contributed by atoms with Gasteiger partial charge in [-0.05, 0) is 37.8 Å². The Morgan fingerprint density at radius 3 is 2.16 bits per heavy atom. The molecule has 106 valence electrons. The van der Waals surface area contributed by atoms with Crippen LogP contribution in [0.2, 0.25) is 0 Å². The van der Waals surface area contributed by atoms with Gasteiger partial charge >= 0.3 is 0 Å². The third kappa shape index (κ3) is 12.7. The first kappa shape index (κ1) is 19.8. The molecule has 0 aromatic heterocycles. The van der Waals surface area contributed by atoms with Crippen molar-refractivity contribution in [3.63, 3.8) is 0 Å². The molecule has 0 heterocycles. The molecule has 0 aliphatic carbocycles. The van der Waals surface area contributed by atoms with Crippen molar-refractivity contribution in [1.82, 2.24) is 0 Å². The molecule has 0 saturated carbocycles. The Morgan fingerprint density at radius 1 is 1.21 bits per heavy atom. The SMILES string of the molecule is C=C(C)/C=C\CC.C=CCc1ccccc1C.CC. The van der Waals surface area contributed by atoms with Crippen molar-refractivity contribution in [2.24, 2.45) is 0 Å². The van der Waals surface area contributed by atoms with Crippen LogP contribution in [0.3, 0.4) is 0 Å². The Kier molecular flexibility index (Phi) is 15.1. The van der Waals surface area contributed by atoms with Crippen LogP contribution in [-0.2, 0) is 6.42 Å². The van der Waals surface area contributed by atoms with Gasteiger partial charge in [-0.1, -0.05) is 75.4 Å². The van der Waals surface area contributed by atoms with Crippen molar-refractivity contribution in [1.29, 1.82) is 0 Å². The van der Waals surface area contributed by atoms with Crippen molar-refractivity contribution in [3.05, 3.63) is 72.4 Å². The highest BCUT2D eigenvalue weighted by Crippen LogP contribution is 2.07. The van der Waals surface area contributed by atoms with Crippen molar-refractivity contribution in [2.45, 2.75) is 47.5 Å². The molecule has 0 aliphatic heterocycles. The molecule has 0 N–H and O–H groups in total. The maximum atomic E-state index is 3.71. The normalized spacial score (nSPS) is 8.89. The van der Waals surface area contributed by atoms with Gasteiger partial charge in [0.25, 0.3) is 0 Å². The maximum Gasteiger partial charge on any atom is -0.00975 e. The molecule has 0 aliphatic rings. The van der Waals surface area contributed by atoms with Gasteiger partial charge in [-0.15, -0.1) is 6.58 Å². The van der Waals surface area contributed by atoms with Crippen LogP contribution in [0.15, 0.2) is 61.2 Å². The minimum atomic E-state index is 0.979. The zero-order chi connectivity index (χ0) is 15.1. The van der Waals surface area contributed by atoms with Crippen LogP contribution in [-0.4, -0.2) is 0 Å². The van der Waals surface area contributed by atoms with E-state index in [0.717, 1.165) is 18.4 Å².